The Morgan fingerprint density at radius 1 is 0.967 bits per heavy atom. The first kappa shape index (κ1) is 20.1. The van der Waals surface area contributed by atoms with Gasteiger partial charge in [0, 0.05) is 18.7 Å². The van der Waals surface area contributed by atoms with Gasteiger partial charge < -0.3 is 14.1 Å². The highest BCUT2D eigenvalue weighted by atomic mass is 16.5. The Bertz CT molecular complexity index is 963. The van der Waals surface area contributed by atoms with E-state index >= 15 is 0 Å². The molecule has 0 radical (unpaired) electrons. The number of benzene rings is 2. The molecule has 1 aliphatic rings. The van der Waals surface area contributed by atoms with E-state index in [9.17, 15) is 4.79 Å². The minimum atomic E-state index is -0.527. The smallest absolute Gasteiger partial charge is 0.263 e. The van der Waals surface area contributed by atoms with Crippen LogP contribution in [0.25, 0.3) is 22.9 Å². The SMILES string of the molecule is CC[C@@H](Oc1ccccc1-c1nnc(-c2ccccc2)o1)C(=O)N1CCCCCC1. The Morgan fingerprint density at radius 2 is 1.63 bits per heavy atom. The molecule has 4 rings (SSSR count). The van der Waals surface area contributed by atoms with Gasteiger partial charge in [-0.15, -0.1) is 10.2 Å². The second kappa shape index (κ2) is 9.57. The standard InChI is InChI=1S/C24H27N3O3/c1-2-20(24(28)27-16-10-3-4-11-17-27)29-21-15-9-8-14-19(21)23-26-25-22(30-23)18-12-6-5-7-13-18/h5-9,12-15,20H,2-4,10-11,16-17H2,1H3/t20-/m1/s1. The van der Waals surface area contributed by atoms with E-state index in [1.165, 1.54) is 12.8 Å². The molecule has 156 valence electrons. The van der Waals surface area contributed by atoms with Crippen molar-refractivity contribution < 1.29 is 13.9 Å². The van der Waals surface area contributed by atoms with Gasteiger partial charge in [0.1, 0.15) is 5.75 Å². The van der Waals surface area contributed by atoms with Gasteiger partial charge in [-0.3, -0.25) is 4.79 Å². The Morgan fingerprint density at radius 3 is 2.37 bits per heavy atom. The van der Waals surface area contributed by atoms with Gasteiger partial charge in [-0.05, 0) is 43.5 Å². The van der Waals surface area contributed by atoms with Crippen molar-refractivity contribution in [3.05, 3.63) is 54.6 Å². The first-order valence-corrected chi connectivity index (χ1v) is 10.7. The maximum Gasteiger partial charge on any atom is 0.263 e. The van der Waals surface area contributed by atoms with E-state index < -0.39 is 6.10 Å². The predicted octanol–water partition coefficient (Wildman–Crippen LogP) is 4.96. The lowest BCUT2D eigenvalue weighted by Crippen LogP contribution is -2.42. The van der Waals surface area contributed by atoms with Gasteiger partial charge in [-0.1, -0.05) is 50.1 Å². The number of ether oxygens (including phenoxy) is 1. The van der Waals surface area contributed by atoms with Crippen LogP contribution in [0.15, 0.2) is 59.0 Å². The van der Waals surface area contributed by atoms with Gasteiger partial charge in [0.25, 0.3) is 11.8 Å². The summed E-state index contributed by atoms with van der Waals surface area (Å²) in [7, 11) is 0. The largest absolute Gasteiger partial charge is 0.480 e. The minimum absolute atomic E-state index is 0.0599. The van der Waals surface area contributed by atoms with Crippen LogP contribution < -0.4 is 4.74 Å². The second-order valence-corrected chi connectivity index (χ2v) is 7.53. The summed E-state index contributed by atoms with van der Waals surface area (Å²) in [5, 5.41) is 8.39. The fourth-order valence-electron chi connectivity index (χ4n) is 3.73. The molecule has 1 atom stereocenters. The highest BCUT2D eigenvalue weighted by Gasteiger charge is 2.26. The zero-order valence-electron chi connectivity index (χ0n) is 17.3. The van der Waals surface area contributed by atoms with Crippen LogP contribution in [-0.2, 0) is 4.79 Å². The zero-order chi connectivity index (χ0) is 20.8. The van der Waals surface area contributed by atoms with Crippen LogP contribution in [0.5, 0.6) is 5.75 Å². The van der Waals surface area contributed by atoms with Crippen LogP contribution in [0.1, 0.15) is 39.0 Å². The maximum atomic E-state index is 13.1. The molecule has 1 saturated heterocycles. The molecule has 6 heteroatoms. The molecule has 0 saturated carbocycles. The normalized spacial score (nSPS) is 15.4. The molecule has 2 heterocycles. The summed E-state index contributed by atoms with van der Waals surface area (Å²) < 4.78 is 12.1. The Labute approximate surface area is 176 Å². The van der Waals surface area contributed by atoms with Crippen LogP contribution in [0.3, 0.4) is 0 Å². The van der Waals surface area contributed by atoms with Gasteiger partial charge in [0.15, 0.2) is 6.10 Å². The number of para-hydroxylation sites is 1. The van der Waals surface area contributed by atoms with E-state index in [1.54, 1.807) is 0 Å². The number of likely N-dealkylation sites (tertiary alicyclic amines) is 1. The molecule has 3 aromatic rings. The molecular weight excluding hydrogens is 378 g/mol. The highest BCUT2D eigenvalue weighted by molar-refractivity contribution is 5.81. The van der Waals surface area contributed by atoms with Crippen molar-refractivity contribution in [2.75, 3.05) is 13.1 Å². The average Bonchev–Trinajstić information content (AvgIpc) is 3.13. The van der Waals surface area contributed by atoms with Crippen LogP contribution in [0.4, 0.5) is 0 Å². The van der Waals surface area contributed by atoms with Gasteiger partial charge >= 0.3 is 0 Å². The first-order valence-electron chi connectivity index (χ1n) is 10.7. The van der Waals surface area contributed by atoms with Crippen molar-refractivity contribution in [1.82, 2.24) is 15.1 Å². The molecule has 0 unspecified atom stereocenters. The molecule has 1 amide bonds. The Kier molecular flexibility index (Phi) is 6.42. The molecule has 0 bridgehead atoms. The van der Waals surface area contributed by atoms with E-state index in [0.29, 0.717) is 29.5 Å². The average molecular weight is 405 g/mol. The van der Waals surface area contributed by atoms with Crippen LogP contribution in [0.2, 0.25) is 0 Å². The van der Waals surface area contributed by atoms with Gasteiger partial charge in [-0.25, -0.2) is 0 Å². The summed E-state index contributed by atoms with van der Waals surface area (Å²) in [5.41, 5.74) is 1.55. The summed E-state index contributed by atoms with van der Waals surface area (Å²) in [6.45, 7) is 3.60. The molecule has 30 heavy (non-hydrogen) atoms. The van der Waals surface area contributed by atoms with Gasteiger partial charge in [-0.2, -0.15) is 0 Å². The predicted molar refractivity (Wildman–Crippen MR) is 115 cm³/mol. The summed E-state index contributed by atoms with van der Waals surface area (Å²) in [4.78, 5) is 15.0. The number of rotatable bonds is 6. The summed E-state index contributed by atoms with van der Waals surface area (Å²) >= 11 is 0. The number of carbonyl (C=O) groups excluding carboxylic acids is 1. The molecule has 1 aliphatic heterocycles. The molecular formula is C24H27N3O3. The molecule has 1 aromatic heterocycles. The fourth-order valence-corrected chi connectivity index (χ4v) is 3.73. The Hall–Kier alpha value is -3.15. The quantitative estimate of drug-likeness (QED) is 0.579. The van der Waals surface area contributed by atoms with E-state index in [4.69, 9.17) is 9.15 Å². The molecule has 6 nitrogen and oxygen atoms in total. The monoisotopic (exact) mass is 405 g/mol. The van der Waals surface area contributed by atoms with Gasteiger partial charge in [0.2, 0.25) is 5.89 Å². The zero-order valence-corrected chi connectivity index (χ0v) is 17.3. The van der Waals surface area contributed by atoms with Crippen molar-refractivity contribution in [1.29, 1.82) is 0 Å². The topological polar surface area (TPSA) is 68.5 Å². The number of hydrogen-bond acceptors (Lipinski definition) is 5. The second-order valence-electron chi connectivity index (χ2n) is 7.53. The number of carbonyl (C=O) groups is 1. The van der Waals surface area contributed by atoms with Crippen molar-refractivity contribution in [2.45, 2.75) is 45.1 Å². The number of aromatic nitrogens is 2. The fraction of sp³-hybridized carbons (Fsp3) is 0.375. The molecule has 1 fully saturated rings. The minimum Gasteiger partial charge on any atom is -0.480 e. The van der Waals surface area contributed by atoms with Crippen molar-refractivity contribution in [3.8, 4) is 28.7 Å². The lowest BCUT2D eigenvalue weighted by Gasteiger charge is -2.26. The number of nitrogens with zero attached hydrogens (tertiary/aromatic N) is 3. The summed E-state index contributed by atoms with van der Waals surface area (Å²) in [6.07, 6.45) is 4.56. The molecule has 0 aliphatic carbocycles. The van der Waals surface area contributed by atoms with Crippen molar-refractivity contribution in [3.63, 3.8) is 0 Å². The van der Waals surface area contributed by atoms with E-state index in [1.807, 2.05) is 66.4 Å². The lowest BCUT2D eigenvalue weighted by molar-refractivity contribution is -0.138. The van der Waals surface area contributed by atoms with Gasteiger partial charge in [0.05, 0.1) is 5.56 Å². The van der Waals surface area contributed by atoms with Crippen LogP contribution in [-0.4, -0.2) is 40.2 Å². The maximum absolute atomic E-state index is 13.1. The number of amides is 1. The first-order chi connectivity index (χ1) is 14.8. The summed E-state index contributed by atoms with van der Waals surface area (Å²) in [5.74, 6) is 1.47. The molecule has 0 spiro atoms. The number of hydrogen-bond donors (Lipinski definition) is 0. The third-order valence-corrected chi connectivity index (χ3v) is 5.40. The van der Waals surface area contributed by atoms with E-state index in [0.717, 1.165) is 31.5 Å². The highest BCUT2D eigenvalue weighted by Crippen LogP contribution is 2.32. The van der Waals surface area contributed by atoms with Crippen molar-refractivity contribution in [2.24, 2.45) is 0 Å². The lowest BCUT2D eigenvalue weighted by atomic mass is 10.1. The summed E-state index contributed by atoms with van der Waals surface area (Å²) in [6, 6.07) is 17.1. The molecule has 2 aromatic carbocycles. The van der Waals surface area contributed by atoms with Crippen LogP contribution in [0, 0.1) is 0 Å². The Balaban J connectivity index is 1.55. The van der Waals surface area contributed by atoms with Crippen molar-refractivity contribution >= 4 is 5.91 Å². The van der Waals surface area contributed by atoms with Crippen LogP contribution >= 0.6 is 0 Å². The van der Waals surface area contributed by atoms with E-state index in [2.05, 4.69) is 10.2 Å². The third-order valence-electron chi connectivity index (χ3n) is 5.40. The van der Waals surface area contributed by atoms with E-state index in [-0.39, 0.29) is 5.91 Å². The third kappa shape index (κ3) is 4.53. The molecule has 0 N–H and O–H groups in total.